The molecule has 0 aliphatic carbocycles. The molecule has 0 saturated carbocycles. The lowest BCUT2D eigenvalue weighted by atomic mass is 10.1. The molecule has 0 saturated heterocycles. The molecule has 1 amide bonds. The molecule has 2 heterocycles. The molecule has 0 bridgehead atoms. The van der Waals surface area contributed by atoms with Crippen molar-refractivity contribution in [2.75, 3.05) is 18.6 Å². The Morgan fingerprint density at radius 1 is 1.19 bits per heavy atom. The van der Waals surface area contributed by atoms with Crippen LogP contribution in [0, 0.1) is 0 Å². The molecule has 7 heteroatoms. The summed E-state index contributed by atoms with van der Waals surface area (Å²) >= 11 is 5.97. The highest BCUT2D eigenvalue weighted by Crippen LogP contribution is 2.43. The van der Waals surface area contributed by atoms with Crippen molar-refractivity contribution >= 4 is 45.8 Å². The lowest BCUT2D eigenvalue weighted by Gasteiger charge is -2.17. The molecule has 0 atom stereocenters. The van der Waals surface area contributed by atoms with Crippen molar-refractivity contribution in [2.24, 2.45) is 0 Å². The maximum Gasteiger partial charge on any atom is 0.357 e. The van der Waals surface area contributed by atoms with Crippen molar-refractivity contribution in [3.8, 4) is 5.75 Å². The topological polar surface area (TPSA) is 68.7 Å². The second-order valence-corrected chi connectivity index (χ2v) is 6.34. The molecule has 6 nitrogen and oxygen atoms in total. The number of carbonyl (C=O) groups excluding carboxylic acids is 2. The number of benzene rings is 2. The van der Waals surface area contributed by atoms with Gasteiger partial charge in [-0.1, -0.05) is 11.6 Å². The van der Waals surface area contributed by atoms with Crippen molar-refractivity contribution in [3.63, 3.8) is 0 Å². The molecule has 0 spiro atoms. The van der Waals surface area contributed by atoms with Gasteiger partial charge in [-0.2, -0.15) is 0 Å². The third kappa shape index (κ3) is 2.69. The molecule has 2 aromatic carbocycles. The van der Waals surface area contributed by atoms with Crippen LogP contribution in [-0.4, -0.2) is 30.6 Å². The van der Waals surface area contributed by atoms with Gasteiger partial charge >= 0.3 is 5.97 Å². The van der Waals surface area contributed by atoms with Crippen LogP contribution in [-0.2, 0) is 4.74 Å². The number of halogens is 1. The van der Waals surface area contributed by atoms with Gasteiger partial charge in [0.25, 0.3) is 5.91 Å². The Hall–Kier alpha value is -3.12. The molecule has 1 aliphatic heterocycles. The van der Waals surface area contributed by atoms with Crippen LogP contribution in [0.15, 0.2) is 42.5 Å². The monoisotopic (exact) mass is 382 g/mol. The van der Waals surface area contributed by atoms with Gasteiger partial charge in [-0.15, -0.1) is 0 Å². The fourth-order valence-electron chi connectivity index (χ4n) is 3.20. The Balaban J connectivity index is 1.99. The van der Waals surface area contributed by atoms with Crippen molar-refractivity contribution in [1.82, 2.24) is 4.98 Å². The number of hydrogen-bond donors (Lipinski definition) is 0. The number of nitrogens with zero attached hydrogens (tertiary/aromatic N) is 2. The van der Waals surface area contributed by atoms with E-state index < -0.39 is 5.97 Å². The zero-order valence-corrected chi connectivity index (χ0v) is 15.4. The molecule has 27 heavy (non-hydrogen) atoms. The highest BCUT2D eigenvalue weighted by molar-refractivity contribution is 6.31. The standard InChI is InChI=1S/C20H15ClN2O4/c1-3-27-20(25)15-10-14-16(26-2)9-8-13-17(14)18(22-15)23(19(13)24)12-6-4-11(21)5-7-12/h4-10H,3H2,1-2H3. The molecule has 0 N–H and O–H groups in total. The third-order valence-corrected chi connectivity index (χ3v) is 4.62. The summed E-state index contributed by atoms with van der Waals surface area (Å²) in [5.74, 6) is 0.137. The lowest BCUT2D eigenvalue weighted by Crippen LogP contribution is -2.22. The number of esters is 1. The van der Waals surface area contributed by atoms with Gasteiger partial charge in [0, 0.05) is 15.8 Å². The van der Waals surface area contributed by atoms with Crippen molar-refractivity contribution in [1.29, 1.82) is 0 Å². The van der Waals surface area contributed by atoms with Crippen LogP contribution in [0.1, 0.15) is 27.8 Å². The highest BCUT2D eigenvalue weighted by atomic mass is 35.5. The minimum Gasteiger partial charge on any atom is -0.496 e. The number of hydrogen-bond acceptors (Lipinski definition) is 5. The van der Waals surface area contributed by atoms with E-state index in [1.165, 1.54) is 12.0 Å². The van der Waals surface area contributed by atoms with Crippen molar-refractivity contribution in [3.05, 3.63) is 58.7 Å². The van der Waals surface area contributed by atoms with E-state index in [0.29, 0.717) is 38.6 Å². The van der Waals surface area contributed by atoms with E-state index in [9.17, 15) is 9.59 Å². The summed E-state index contributed by atoms with van der Waals surface area (Å²) in [6.45, 7) is 1.95. The van der Waals surface area contributed by atoms with Crippen LogP contribution in [0.3, 0.4) is 0 Å². The summed E-state index contributed by atoms with van der Waals surface area (Å²) in [4.78, 5) is 31.3. The number of aromatic nitrogens is 1. The summed E-state index contributed by atoms with van der Waals surface area (Å²) in [5, 5.41) is 1.83. The number of carbonyl (C=O) groups is 2. The Labute approximate surface area is 160 Å². The predicted molar refractivity (Wildman–Crippen MR) is 102 cm³/mol. The van der Waals surface area contributed by atoms with Gasteiger partial charge < -0.3 is 9.47 Å². The van der Waals surface area contributed by atoms with Gasteiger partial charge in [-0.25, -0.2) is 9.78 Å². The normalized spacial score (nSPS) is 12.6. The fourth-order valence-corrected chi connectivity index (χ4v) is 3.32. The second-order valence-electron chi connectivity index (χ2n) is 5.91. The van der Waals surface area contributed by atoms with Gasteiger partial charge in [0.05, 0.1) is 25.0 Å². The second kappa shape index (κ2) is 6.55. The molecule has 1 aliphatic rings. The Kier molecular flexibility index (Phi) is 4.20. The third-order valence-electron chi connectivity index (χ3n) is 4.37. The predicted octanol–water partition coefficient (Wildman–Crippen LogP) is 4.37. The average molecular weight is 383 g/mol. The van der Waals surface area contributed by atoms with Crippen LogP contribution in [0.4, 0.5) is 11.5 Å². The van der Waals surface area contributed by atoms with Crippen LogP contribution in [0.2, 0.25) is 5.02 Å². The summed E-state index contributed by atoms with van der Waals surface area (Å²) in [6.07, 6.45) is 0. The van der Waals surface area contributed by atoms with Crippen LogP contribution in [0.5, 0.6) is 5.75 Å². The van der Waals surface area contributed by atoms with Gasteiger partial charge in [0.15, 0.2) is 5.69 Å². The van der Waals surface area contributed by atoms with Gasteiger partial charge in [0.1, 0.15) is 11.6 Å². The number of amides is 1. The summed E-state index contributed by atoms with van der Waals surface area (Å²) in [6, 6.07) is 11.9. The smallest absolute Gasteiger partial charge is 0.357 e. The van der Waals surface area contributed by atoms with Crippen molar-refractivity contribution in [2.45, 2.75) is 6.92 Å². The van der Waals surface area contributed by atoms with E-state index in [1.807, 2.05) is 0 Å². The van der Waals surface area contributed by atoms with E-state index in [-0.39, 0.29) is 18.2 Å². The Morgan fingerprint density at radius 2 is 1.93 bits per heavy atom. The van der Waals surface area contributed by atoms with E-state index >= 15 is 0 Å². The molecule has 0 radical (unpaired) electrons. The van der Waals surface area contributed by atoms with Crippen LogP contribution in [0.25, 0.3) is 10.8 Å². The number of anilines is 2. The van der Waals surface area contributed by atoms with Crippen LogP contribution >= 0.6 is 11.6 Å². The SMILES string of the molecule is CCOC(=O)c1cc2c(OC)ccc3c2c(n1)N(c1ccc(Cl)cc1)C3=O. The molecule has 1 aromatic heterocycles. The molecule has 136 valence electrons. The molecule has 3 aromatic rings. The first kappa shape index (κ1) is 17.3. The number of methoxy groups -OCH3 is 1. The molecule has 4 rings (SSSR count). The first-order valence-electron chi connectivity index (χ1n) is 8.34. The molecular weight excluding hydrogens is 368 g/mol. The van der Waals surface area contributed by atoms with Crippen LogP contribution < -0.4 is 9.64 Å². The first-order valence-corrected chi connectivity index (χ1v) is 8.71. The van der Waals surface area contributed by atoms with Crippen molar-refractivity contribution < 1.29 is 19.1 Å². The summed E-state index contributed by atoms with van der Waals surface area (Å²) in [7, 11) is 1.54. The zero-order valence-electron chi connectivity index (χ0n) is 14.7. The molecule has 0 fully saturated rings. The summed E-state index contributed by atoms with van der Waals surface area (Å²) < 4.78 is 10.5. The van der Waals surface area contributed by atoms with E-state index in [4.69, 9.17) is 21.1 Å². The fraction of sp³-hybridized carbons (Fsp3) is 0.150. The number of pyridine rings is 1. The number of ether oxygens (including phenoxy) is 2. The minimum atomic E-state index is -0.557. The lowest BCUT2D eigenvalue weighted by molar-refractivity contribution is 0.0519. The molecule has 0 unspecified atom stereocenters. The highest BCUT2D eigenvalue weighted by Gasteiger charge is 2.34. The Bertz CT molecular complexity index is 1080. The zero-order chi connectivity index (χ0) is 19.1. The largest absolute Gasteiger partial charge is 0.496 e. The average Bonchev–Trinajstić information content (AvgIpc) is 2.96. The molecular formula is C20H15ClN2O4. The van der Waals surface area contributed by atoms with E-state index in [1.54, 1.807) is 49.4 Å². The Morgan fingerprint density at radius 3 is 2.59 bits per heavy atom. The quantitative estimate of drug-likeness (QED) is 0.627. The van der Waals surface area contributed by atoms with E-state index in [2.05, 4.69) is 4.98 Å². The number of rotatable bonds is 4. The first-order chi connectivity index (χ1) is 13.0. The maximum absolute atomic E-state index is 13.1. The van der Waals surface area contributed by atoms with Gasteiger partial charge in [-0.05, 0) is 49.4 Å². The van der Waals surface area contributed by atoms with Gasteiger partial charge in [0.2, 0.25) is 0 Å². The minimum absolute atomic E-state index is 0.114. The van der Waals surface area contributed by atoms with E-state index in [0.717, 1.165) is 0 Å². The summed E-state index contributed by atoms with van der Waals surface area (Å²) in [5.41, 5.74) is 1.22. The maximum atomic E-state index is 13.1. The van der Waals surface area contributed by atoms with Gasteiger partial charge in [-0.3, -0.25) is 9.69 Å².